The summed E-state index contributed by atoms with van der Waals surface area (Å²) in [5.41, 5.74) is 6.34. The van der Waals surface area contributed by atoms with Crippen molar-refractivity contribution in [3.05, 3.63) is 16.9 Å². The molecule has 0 radical (unpaired) electrons. The van der Waals surface area contributed by atoms with Crippen LogP contribution >= 0.6 is 11.3 Å². The molecular weight excluding hydrogens is 276 g/mol. The van der Waals surface area contributed by atoms with Crippen molar-refractivity contribution in [3.63, 3.8) is 0 Å². The molecule has 1 amide bonds. The minimum Gasteiger partial charge on any atom is -0.396 e. The lowest BCUT2D eigenvalue weighted by atomic mass is 10.1. The predicted molar refractivity (Wildman–Crippen MR) is 78.7 cm³/mol. The van der Waals surface area contributed by atoms with Crippen LogP contribution in [0.15, 0.2) is 6.20 Å². The quantitative estimate of drug-likeness (QED) is 0.876. The van der Waals surface area contributed by atoms with Crippen LogP contribution in [0.25, 0.3) is 0 Å². The minimum absolute atomic E-state index is 0.215. The normalized spacial score (nSPS) is 11.0. The third-order valence-corrected chi connectivity index (χ3v) is 3.46. The van der Waals surface area contributed by atoms with Crippen LogP contribution in [0.3, 0.4) is 0 Å². The van der Waals surface area contributed by atoms with E-state index >= 15 is 0 Å². The summed E-state index contributed by atoms with van der Waals surface area (Å²) in [7, 11) is 0. The fourth-order valence-electron chi connectivity index (χ4n) is 1.67. The van der Waals surface area contributed by atoms with Crippen molar-refractivity contribution >= 4 is 28.1 Å². The maximum absolute atomic E-state index is 12.1. The fraction of sp³-hybridized carbons (Fsp3) is 0.500. The highest BCUT2D eigenvalue weighted by Crippen LogP contribution is 2.19. The molecule has 0 aromatic carbocycles. The largest absolute Gasteiger partial charge is 0.396 e. The molecule has 0 aliphatic heterocycles. The molecule has 0 saturated carbocycles. The summed E-state index contributed by atoms with van der Waals surface area (Å²) in [4.78, 5) is 12.1. The molecule has 2 aromatic rings. The van der Waals surface area contributed by atoms with Gasteiger partial charge in [-0.3, -0.25) is 14.8 Å². The van der Waals surface area contributed by atoms with Gasteiger partial charge in [-0.05, 0) is 12.8 Å². The second kappa shape index (κ2) is 6.00. The van der Waals surface area contributed by atoms with E-state index in [1.807, 2.05) is 6.92 Å². The first-order valence-corrected chi connectivity index (χ1v) is 7.28. The zero-order valence-corrected chi connectivity index (χ0v) is 12.6. The molecule has 3 N–H and O–H groups in total. The lowest BCUT2D eigenvalue weighted by Crippen LogP contribution is -2.14. The van der Waals surface area contributed by atoms with Gasteiger partial charge in [-0.2, -0.15) is 5.10 Å². The number of nitrogens with zero attached hydrogens (tertiary/aromatic N) is 4. The van der Waals surface area contributed by atoms with Crippen LogP contribution in [-0.2, 0) is 13.0 Å². The van der Waals surface area contributed by atoms with E-state index in [1.165, 1.54) is 11.3 Å². The number of aryl methyl sites for hydroxylation is 1. The van der Waals surface area contributed by atoms with Crippen molar-refractivity contribution in [2.24, 2.45) is 5.92 Å². The molecule has 0 unspecified atom stereocenters. The Balaban J connectivity index is 2.07. The number of aromatic nitrogens is 4. The van der Waals surface area contributed by atoms with Crippen LogP contribution in [0, 0.1) is 5.92 Å². The van der Waals surface area contributed by atoms with E-state index in [4.69, 9.17) is 5.73 Å². The van der Waals surface area contributed by atoms with Gasteiger partial charge in [0, 0.05) is 19.2 Å². The number of hydrogen-bond donors (Lipinski definition) is 2. The Morgan fingerprint density at radius 2 is 2.25 bits per heavy atom. The van der Waals surface area contributed by atoms with Crippen molar-refractivity contribution in [2.45, 2.75) is 33.7 Å². The smallest absolute Gasteiger partial charge is 0.280 e. The molecular formula is C12H18N6OS. The van der Waals surface area contributed by atoms with Crippen molar-refractivity contribution in [2.75, 3.05) is 11.1 Å². The monoisotopic (exact) mass is 294 g/mol. The predicted octanol–water partition coefficient (Wildman–Crippen LogP) is 1.79. The van der Waals surface area contributed by atoms with Crippen LogP contribution < -0.4 is 11.1 Å². The Bertz CT molecular complexity index is 603. The summed E-state index contributed by atoms with van der Waals surface area (Å²) < 4.78 is 1.62. The molecule has 0 spiro atoms. The van der Waals surface area contributed by atoms with E-state index in [0.717, 1.165) is 11.4 Å². The van der Waals surface area contributed by atoms with Crippen LogP contribution in [0.5, 0.6) is 0 Å². The molecule has 0 atom stereocenters. The van der Waals surface area contributed by atoms with Gasteiger partial charge in [0.25, 0.3) is 5.91 Å². The number of nitrogens with one attached hydrogen (secondary N) is 1. The summed E-state index contributed by atoms with van der Waals surface area (Å²) in [5, 5.41) is 16.2. The van der Waals surface area contributed by atoms with Crippen molar-refractivity contribution < 1.29 is 4.79 Å². The van der Waals surface area contributed by atoms with E-state index in [2.05, 4.69) is 34.5 Å². The van der Waals surface area contributed by atoms with Crippen LogP contribution in [0.1, 0.15) is 36.3 Å². The zero-order valence-electron chi connectivity index (χ0n) is 11.8. The molecule has 0 aliphatic carbocycles. The van der Waals surface area contributed by atoms with Gasteiger partial charge in [0.15, 0.2) is 5.69 Å². The molecule has 108 valence electrons. The Labute approximate surface area is 121 Å². The van der Waals surface area contributed by atoms with E-state index in [1.54, 1.807) is 10.9 Å². The number of rotatable bonds is 5. The van der Waals surface area contributed by atoms with Crippen molar-refractivity contribution in [1.82, 2.24) is 20.0 Å². The average molecular weight is 294 g/mol. The van der Waals surface area contributed by atoms with Crippen molar-refractivity contribution in [3.8, 4) is 0 Å². The van der Waals surface area contributed by atoms with Gasteiger partial charge in [0.1, 0.15) is 5.01 Å². The molecule has 2 rings (SSSR count). The Morgan fingerprint density at radius 1 is 1.50 bits per heavy atom. The number of amides is 1. The fourth-order valence-corrected chi connectivity index (χ4v) is 2.61. The van der Waals surface area contributed by atoms with Gasteiger partial charge < -0.3 is 5.73 Å². The number of carbonyl (C=O) groups is 1. The zero-order chi connectivity index (χ0) is 14.7. The van der Waals surface area contributed by atoms with Gasteiger partial charge in [0.05, 0.1) is 5.69 Å². The Morgan fingerprint density at radius 3 is 2.85 bits per heavy atom. The highest BCUT2D eigenvalue weighted by molar-refractivity contribution is 7.15. The van der Waals surface area contributed by atoms with Gasteiger partial charge in [-0.1, -0.05) is 25.2 Å². The molecule has 0 bridgehead atoms. The standard InChI is InChI=1S/C12H18N6OS/c1-4-18-6-8(13)10(17-18)11(19)14-12-16-15-9(20-12)5-7(2)3/h6-7H,4-5,13H2,1-3H3,(H,14,16,19). The lowest BCUT2D eigenvalue weighted by Gasteiger charge is -1.99. The topological polar surface area (TPSA) is 98.7 Å². The molecule has 7 nitrogen and oxygen atoms in total. The summed E-state index contributed by atoms with van der Waals surface area (Å²) in [6.45, 7) is 6.81. The first-order valence-electron chi connectivity index (χ1n) is 6.46. The van der Waals surface area contributed by atoms with Crippen LogP contribution in [-0.4, -0.2) is 25.9 Å². The average Bonchev–Trinajstić information content (AvgIpc) is 2.95. The van der Waals surface area contributed by atoms with Gasteiger partial charge >= 0.3 is 0 Å². The molecule has 2 heterocycles. The molecule has 8 heteroatoms. The summed E-state index contributed by atoms with van der Waals surface area (Å²) in [6, 6.07) is 0. The first-order chi connectivity index (χ1) is 9.49. The maximum Gasteiger partial charge on any atom is 0.280 e. The highest BCUT2D eigenvalue weighted by Gasteiger charge is 2.16. The molecule has 0 aliphatic rings. The molecule has 2 aromatic heterocycles. The number of nitrogens with two attached hydrogens (primary N) is 1. The van der Waals surface area contributed by atoms with E-state index in [-0.39, 0.29) is 11.6 Å². The van der Waals surface area contributed by atoms with Gasteiger partial charge in [0.2, 0.25) is 5.13 Å². The Hall–Kier alpha value is -1.96. The number of hydrogen-bond acceptors (Lipinski definition) is 6. The third kappa shape index (κ3) is 3.32. The van der Waals surface area contributed by atoms with E-state index in [0.29, 0.717) is 23.3 Å². The highest BCUT2D eigenvalue weighted by atomic mass is 32.1. The van der Waals surface area contributed by atoms with Crippen LogP contribution in [0.4, 0.5) is 10.8 Å². The van der Waals surface area contributed by atoms with E-state index in [9.17, 15) is 4.79 Å². The third-order valence-electron chi connectivity index (χ3n) is 2.60. The lowest BCUT2D eigenvalue weighted by molar-refractivity contribution is 0.102. The first kappa shape index (κ1) is 14.4. The SMILES string of the molecule is CCn1cc(N)c(C(=O)Nc2nnc(CC(C)C)s2)n1. The summed E-state index contributed by atoms with van der Waals surface area (Å²) in [6.07, 6.45) is 2.49. The van der Waals surface area contributed by atoms with Crippen LogP contribution in [0.2, 0.25) is 0 Å². The number of nitrogen functional groups attached to an aromatic ring is 1. The number of carbonyl (C=O) groups excluding carboxylic acids is 1. The van der Waals surface area contributed by atoms with Gasteiger partial charge in [-0.15, -0.1) is 10.2 Å². The second-order valence-electron chi connectivity index (χ2n) is 4.84. The van der Waals surface area contributed by atoms with Gasteiger partial charge in [-0.25, -0.2) is 0 Å². The maximum atomic E-state index is 12.1. The second-order valence-corrected chi connectivity index (χ2v) is 5.90. The molecule has 20 heavy (non-hydrogen) atoms. The summed E-state index contributed by atoms with van der Waals surface area (Å²) >= 11 is 1.37. The van der Waals surface area contributed by atoms with E-state index < -0.39 is 0 Å². The molecule has 0 fully saturated rings. The Kier molecular flexibility index (Phi) is 4.33. The molecule has 0 saturated heterocycles. The summed E-state index contributed by atoms with van der Waals surface area (Å²) in [5.74, 6) is 0.143. The minimum atomic E-state index is -0.359. The number of anilines is 2. The van der Waals surface area contributed by atoms with Crippen molar-refractivity contribution in [1.29, 1.82) is 0 Å².